The van der Waals surface area contributed by atoms with E-state index in [-0.39, 0.29) is 42.2 Å². The number of carboxylic acids is 1. The van der Waals surface area contributed by atoms with Crippen molar-refractivity contribution in [2.45, 2.75) is 176 Å². The van der Waals surface area contributed by atoms with Crippen molar-refractivity contribution < 1.29 is 80.0 Å². The Morgan fingerprint density at radius 3 is 2.00 bits per heavy atom. The van der Waals surface area contributed by atoms with Gasteiger partial charge in [0.1, 0.15) is 29.0 Å². The molecule has 1 saturated carbocycles. The van der Waals surface area contributed by atoms with E-state index in [2.05, 4.69) is 78.2 Å². The van der Waals surface area contributed by atoms with Crippen LogP contribution in [0.2, 0.25) is 0 Å². The van der Waals surface area contributed by atoms with Crippen molar-refractivity contribution in [3.05, 3.63) is 142 Å². The second-order valence-corrected chi connectivity index (χ2v) is 31.5. The van der Waals surface area contributed by atoms with Crippen LogP contribution in [0.4, 0.5) is 30.2 Å². The molecule has 26 heteroatoms. The molecule has 490 valence electrons. The van der Waals surface area contributed by atoms with Gasteiger partial charge in [-0.3, -0.25) is 13.9 Å². The standard InChI is InChI=1S/C64H80F3N5O14S4/c1-63(2)47-23-10-12-25-50(47)71(36-14-16-38-88(78,79)80)52(63)33-29-43-19-18-20-44(30-34-53-64(3,4)48-24-11-13-26-51(48)72(53)37-15-17-39-89(81,82)83)59(43)86-46-31-27-42(28-32-46)41-49(62(74)75)70-54(73)35-40-87(76,77)61-56(66)55(65)60(90(68,84)85)57(67)58(61)69-45-21-8-6-5-7-9-22-45/h10-13,23-33,45,49,53,69H,5-9,14-22,34-41H2,1-4H3,(H5-,68,70,73,74,75,78,79,80,81,82,83,84,85)/p+1/b33-29+,44-30+/t49-,53?/m0/s1. The number of sulfonamides is 1. The molecule has 1 fully saturated rings. The maximum atomic E-state index is 16.0. The van der Waals surface area contributed by atoms with Crippen molar-refractivity contribution in [1.29, 1.82) is 0 Å². The highest BCUT2D eigenvalue weighted by Gasteiger charge is 2.46. The molecule has 0 bridgehead atoms. The SMILES string of the molecule is CC1(C)C(/C=C/C2=C(Oc3ccc(C[C@H](NC(=O)CCS(=O)(=O)c4c(F)c(F)c(S(N)(=O)=O)c(F)c4NC4CCCCCCC4)C(=O)O)cc3)C(=C/CC3N(CCCCS(=O)(=O)O)c4ccccc4C3(C)C)/CCC2)=[N+](CCCCS(=O)(=O)O)c2ccccc21. The summed E-state index contributed by atoms with van der Waals surface area (Å²) < 4.78 is 174. The summed E-state index contributed by atoms with van der Waals surface area (Å²) in [4.78, 5) is 25.0. The largest absolute Gasteiger partial charge is 0.480 e. The molecule has 90 heavy (non-hydrogen) atoms. The predicted octanol–water partition coefficient (Wildman–Crippen LogP) is 10.5. The highest BCUT2D eigenvalue weighted by atomic mass is 32.2. The van der Waals surface area contributed by atoms with Crippen molar-refractivity contribution in [2.24, 2.45) is 5.14 Å². The fourth-order valence-electron chi connectivity index (χ4n) is 13.0. The summed E-state index contributed by atoms with van der Waals surface area (Å²) in [7, 11) is -18.7. The first kappa shape index (κ1) is 69.5. The van der Waals surface area contributed by atoms with E-state index in [1.165, 1.54) is 0 Å². The van der Waals surface area contributed by atoms with E-state index in [4.69, 9.17) is 9.88 Å². The van der Waals surface area contributed by atoms with E-state index in [1.807, 2.05) is 36.4 Å². The van der Waals surface area contributed by atoms with Gasteiger partial charge in [-0.2, -0.15) is 21.4 Å². The average molecular weight is 1330 g/mol. The minimum Gasteiger partial charge on any atom is -0.480 e. The van der Waals surface area contributed by atoms with E-state index in [9.17, 15) is 57.5 Å². The number of hydrogen-bond acceptors (Lipinski definition) is 13. The Labute approximate surface area is 526 Å². The summed E-state index contributed by atoms with van der Waals surface area (Å²) in [5, 5.41) is 20.3. The number of carbonyl (C=O) groups excluding carboxylic acids is 1. The summed E-state index contributed by atoms with van der Waals surface area (Å²) in [5.74, 6) is -10.1. The molecular formula is C64H81F3N5O14S4+. The molecule has 0 aromatic heterocycles. The van der Waals surface area contributed by atoms with Gasteiger partial charge >= 0.3 is 5.97 Å². The van der Waals surface area contributed by atoms with Gasteiger partial charge in [-0.25, -0.2) is 39.9 Å². The van der Waals surface area contributed by atoms with Gasteiger partial charge in [-0.05, 0) is 118 Å². The summed E-state index contributed by atoms with van der Waals surface area (Å²) in [6.45, 7) is 9.61. The number of benzene rings is 4. The number of aliphatic carboxylic acids is 1. The minimum atomic E-state index is -5.25. The van der Waals surface area contributed by atoms with Gasteiger partial charge in [0.2, 0.25) is 21.6 Å². The lowest BCUT2D eigenvalue weighted by molar-refractivity contribution is -0.438. The zero-order valence-electron chi connectivity index (χ0n) is 51.0. The Bertz CT molecular complexity index is 3960. The first-order valence-electron chi connectivity index (χ1n) is 30.4. The highest BCUT2D eigenvalue weighted by Crippen LogP contribution is 2.48. The van der Waals surface area contributed by atoms with Crippen LogP contribution in [0.3, 0.4) is 0 Å². The van der Waals surface area contributed by atoms with Crippen molar-refractivity contribution in [1.82, 2.24) is 5.32 Å². The minimum absolute atomic E-state index is 0.0749. The van der Waals surface area contributed by atoms with Crippen LogP contribution in [0, 0.1) is 17.5 Å². The van der Waals surface area contributed by atoms with Gasteiger partial charge in [0.05, 0.1) is 28.4 Å². The lowest BCUT2D eigenvalue weighted by atomic mass is 9.78. The molecule has 0 radical (unpaired) electrons. The number of primary sulfonamides is 1. The second kappa shape index (κ2) is 28.6. The zero-order chi connectivity index (χ0) is 65.6. The summed E-state index contributed by atoms with van der Waals surface area (Å²) in [5.41, 5.74) is 5.43. The second-order valence-electron chi connectivity index (χ2n) is 24.8. The first-order valence-corrected chi connectivity index (χ1v) is 36.8. The van der Waals surface area contributed by atoms with E-state index in [0.717, 1.165) is 65.0 Å². The molecule has 2 atom stereocenters. The van der Waals surface area contributed by atoms with Crippen molar-refractivity contribution >= 4 is 74.7 Å². The zero-order valence-corrected chi connectivity index (χ0v) is 54.3. The van der Waals surface area contributed by atoms with Gasteiger partial charge in [0.15, 0.2) is 37.9 Å². The van der Waals surface area contributed by atoms with Crippen LogP contribution < -0.4 is 25.4 Å². The number of nitrogens with zero attached hydrogens (tertiary/aromatic N) is 2. The third kappa shape index (κ3) is 16.8. The molecule has 4 aromatic rings. The molecule has 8 rings (SSSR count). The maximum Gasteiger partial charge on any atom is 0.326 e. The molecule has 4 aliphatic rings. The number of amides is 1. The molecule has 0 spiro atoms. The topological polar surface area (TPSA) is 297 Å². The van der Waals surface area contributed by atoms with Crippen LogP contribution >= 0.6 is 0 Å². The molecule has 1 unspecified atom stereocenters. The number of anilines is 2. The summed E-state index contributed by atoms with van der Waals surface area (Å²) in [6, 6.07) is 20.3. The van der Waals surface area contributed by atoms with Gasteiger partial charge < -0.3 is 25.4 Å². The fraction of sp³-hybridized carbons (Fsp3) is 0.484. The summed E-state index contributed by atoms with van der Waals surface area (Å²) in [6.07, 6.45) is 13.6. The number of halogens is 3. The quantitative estimate of drug-likeness (QED) is 0.0140. The molecule has 0 saturated heterocycles. The number of allylic oxidation sites excluding steroid dienone is 4. The number of sulfone groups is 1. The van der Waals surface area contributed by atoms with E-state index in [0.29, 0.717) is 87.9 Å². The number of ether oxygens (including phenoxy) is 1. The maximum absolute atomic E-state index is 16.0. The van der Waals surface area contributed by atoms with Gasteiger partial charge in [0, 0.05) is 66.7 Å². The predicted molar refractivity (Wildman–Crippen MR) is 338 cm³/mol. The molecule has 4 aromatic carbocycles. The van der Waals surface area contributed by atoms with Crippen LogP contribution in [0.5, 0.6) is 5.75 Å². The Balaban J connectivity index is 1.06. The van der Waals surface area contributed by atoms with Crippen molar-refractivity contribution in [3.63, 3.8) is 0 Å². The van der Waals surface area contributed by atoms with Gasteiger partial charge in [0.25, 0.3) is 20.2 Å². The number of carboxylic acid groups (broad SMARTS) is 1. The molecule has 2 heterocycles. The number of nitrogens with one attached hydrogen (secondary N) is 2. The third-order valence-electron chi connectivity index (χ3n) is 17.6. The Morgan fingerprint density at radius 2 is 1.36 bits per heavy atom. The highest BCUT2D eigenvalue weighted by molar-refractivity contribution is 7.91. The van der Waals surface area contributed by atoms with Crippen LogP contribution in [0.15, 0.2) is 118 Å². The lowest BCUT2D eigenvalue weighted by Gasteiger charge is -2.34. The molecule has 2 aliphatic heterocycles. The van der Waals surface area contributed by atoms with Crippen LogP contribution in [0.25, 0.3) is 0 Å². The number of carbonyl (C=O) groups is 2. The molecule has 1 amide bonds. The number of fused-ring (bicyclic) bond motifs is 2. The van der Waals surface area contributed by atoms with E-state index < -0.39 is 115 Å². The van der Waals surface area contributed by atoms with Crippen LogP contribution in [-0.2, 0) is 66.9 Å². The third-order valence-corrected chi connectivity index (χ3v) is 21.9. The van der Waals surface area contributed by atoms with Crippen LogP contribution in [-0.4, -0.2) is 119 Å². The Kier molecular flexibility index (Phi) is 22.1. The smallest absolute Gasteiger partial charge is 0.326 e. The number of unbranched alkanes of at least 4 members (excludes halogenated alkanes) is 2. The normalized spacial score (nSPS) is 19.0. The van der Waals surface area contributed by atoms with Crippen molar-refractivity contribution in [2.75, 3.05) is 40.6 Å². The Morgan fingerprint density at radius 1 is 0.744 bits per heavy atom. The van der Waals surface area contributed by atoms with Crippen molar-refractivity contribution in [3.8, 4) is 5.75 Å². The first-order chi connectivity index (χ1) is 42.3. The summed E-state index contributed by atoms with van der Waals surface area (Å²) >= 11 is 0. The van der Waals surface area contributed by atoms with Crippen LogP contribution in [0.1, 0.15) is 147 Å². The Hall–Kier alpha value is -6.42. The molecule has 2 aliphatic carbocycles. The lowest BCUT2D eigenvalue weighted by Crippen LogP contribution is -2.42. The molecular weight excluding hydrogens is 1250 g/mol. The van der Waals surface area contributed by atoms with E-state index >= 15 is 13.2 Å². The molecule has 7 N–H and O–H groups in total. The van der Waals surface area contributed by atoms with Gasteiger partial charge in [-0.15, -0.1) is 0 Å². The fourth-order valence-corrected chi connectivity index (χ4v) is 16.3. The number of nitrogens with two attached hydrogens (primary N) is 1. The van der Waals surface area contributed by atoms with Gasteiger partial charge in [-0.1, -0.05) is 101 Å². The average Bonchev–Trinajstić information content (AvgIpc) is 1.28. The number of para-hydroxylation sites is 2. The monoisotopic (exact) mass is 1330 g/mol. The number of hydrogen-bond donors (Lipinski definition) is 6. The van der Waals surface area contributed by atoms with E-state index in [1.54, 1.807) is 24.3 Å². The molecule has 19 nitrogen and oxygen atoms in total. The number of rotatable bonds is 27.